The molecular formula is C26H27BrN2O2. The average Bonchev–Trinajstić information content (AvgIpc) is 2.82. The Kier molecular flexibility index (Phi) is 7.52. The molecule has 0 saturated carbocycles. The summed E-state index contributed by atoms with van der Waals surface area (Å²) in [5.41, 5.74) is 3.62. The van der Waals surface area contributed by atoms with E-state index in [-0.39, 0.29) is 18.6 Å². The molecule has 0 bridgehead atoms. The van der Waals surface area contributed by atoms with Gasteiger partial charge in [0.25, 0.3) is 0 Å². The Balaban J connectivity index is 1.36. The number of carbonyl (C=O) groups excluding carboxylic acids is 1. The molecule has 4 nitrogen and oxygen atoms in total. The Hall–Kier alpha value is -2.47. The molecule has 1 aliphatic heterocycles. The van der Waals surface area contributed by atoms with Crippen LogP contribution in [0.25, 0.3) is 0 Å². The van der Waals surface area contributed by atoms with E-state index in [0.29, 0.717) is 19.7 Å². The van der Waals surface area contributed by atoms with Crippen LogP contribution >= 0.6 is 15.9 Å². The summed E-state index contributed by atoms with van der Waals surface area (Å²) in [5, 5.41) is 0. The van der Waals surface area contributed by atoms with E-state index < -0.39 is 0 Å². The molecule has 0 radical (unpaired) electrons. The van der Waals surface area contributed by atoms with Crippen molar-refractivity contribution in [2.24, 2.45) is 0 Å². The van der Waals surface area contributed by atoms with Crippen molar-refractivity contribution in [3.8, 4) is 0 Å². The summed E-state index contributed by atoms with van der Waals surface area (Å²) in [4.78, 5) is 17.0. The second-order valence-corrected chi connectivity index (χ2v) is 8.68. The fourth-order valence-corrected chi connectivity index (χ4v) is 4.31. The summed E-state index contributed by atoms with van der Waals surface area (Å²) in [5.74, 6) is 0.0653. The highest BCUT2D eigenvalue weighted by Gasteiger charge is 2.28. The van der Waals surface area contributed by atoms with Crippen molar-refractivity contribution >= 4 is 21.8 Å². The molecule has 0 N–H and O–H groups in total. The molecule has 3 aromatic carbocycles. The number of piperazine rings is 1. The number of hydrogen-bond donors (Lipinski definition) is 0. The zero-order valence-corrected chi connectivity index (χ0v) is 19.1. The number of benzene rings is 3. The second-order valence-electron chi connectivity index (χ2n) is 7.76. The second kappa shape index (κ2) is 10.7. The van der Waals surface area contributed by atoms with Gasteiger partial charge >= 0.3 is 0 Å². The first-order valence-corrected chi connectivity index (χ1v) is 11.4. The van der Waals surface area contributed by atoms with Gasteiger partial charge < -0.3 is 9.64 Å². The normalized spacial score (nSPS) is 15.6. The Labute approximate surface area is 192 Å². The average molecular weight is 479 g/mol. The van der Waals surface area contributed by atoms with Crippen LogP contribution in [0.2, 0.25) is 0 Å². The Morgan fingerprint density at radius 2 is 1.39 bits per heavy atom. The van der Waals surface area contributed by atoms with E-state index in [9.17, 15) is 4.79 Å². The van der Waals surface area contributed by atoms with Gasteiger partial charge in [0.05, 0.1) is 12.6 Å². The highest BCUT2D eigenvalue weighted by Crippen LogP contribution is 2.30. The Bertz CT molecular complexity index is 956. The van der Waals surface area contributed by atoms with Gasteiger partial charge in [-0.05, 0) is 28.8 Å². The van der Waals surface area contributed by atoms with Crippen molar-refractivity contribution in [1.82, 2.24) is 9.80 Å². The molecule has 1 saturated heterocycles. The summed E-state index contributed by atoms with van der Waals surface area (Å²) in [6.07, 6.45) is 0. The van der Waals surface area contributed by atoms with E-state index in [1.165, 1.54) is 11.1 Å². The van der Waals surface area contributed by atoms with Gasteiger partial charge in [0.15, 0.2) is 0 Å². The molecule has 31 heavy (non-hydrogen) atoms. The summed E-state index contributed by atoms with van der Waals surface area (Å²) in [6, 6.07) is 29.3. The molecule has 5 heteroatoms. The highest BCUT2D eigenvalue weighted by atomic mass is 79.9. The molecule has 0 spiro atoms. The minimum atomic E-state index is 0.0653. The van der Waals surface area contributed by atoms with Crippen LogP contribution < -0.4 is 0 Å². The van der Waals surface area contributed by atoms with Crippen LogP contribution in [0.15, 0.2) is 89.4 Å². The van der Waals surface area contributed by atoms with Gasteiger partial charge in [-0.25, -0.2) is 0 Å². The van der Waals surface area contributed by atoms with Crippen LogP contribution in [0.5, 0.6) is 0 Å². The van der Waals surface area contributed by atoms with Crippen LogP contribution in [-0.2, 0) is 16.1 Å². The van der Waals surface area contributed by atoms with Gasteiger partial charge in [-0.3, -0.25) is 9.69 Å². The highest BCUT2D eigenvalue weighted by molar-refractivity contribution is 9.10. The third-order valence-electron chi connectivity index (χ3n) is 5.67. The van der Waals surface area contributed by atoms with Crippen molar-refractivity contribution in [1.29, 1.82) is 0 Å². The van der Waals surface area contributed by atoms with Crippen LogP contribution in [0.4, 0.5) is 0 Å². The number of carbonyl (C=O) groups is 1. The zero-order valence-electron chi connectivity index (χ0n) is 17.5. The van der Waals surface area contributed by atoms with E-state index in [1.807, 2.05) is 41.3 Å². The van der Waals surface area contributed by atoms with Gasteiger partial charge in [0.1, 0.15) is 6.61 Å². The maximum atomic E-state index is 12.6. The lowest BCUT2D eigenvalue weighted by molar-refractivity contribution is -0.138. The lowest BCUT2D eigenvalue weighted by Crippen LogP contribution is -2.50. The van der Waals surface area contributed by atoms with E-state index in [2.05, 4.69) is 69.4 Å². The minimum absolute atomic E-state index is 0.0653. The third-order valence-corrected chi connectivity index (χ3v) is 6.20. The maximum absolute atomic E-state index is 12.6. The molecule has 1 aliphatic rings. The Morgan fingerprint density at radius 1 is 0.806 bits per heavy atom. The molecule has 1 heterocycles. The zero-order chi connectivity index (χ0) is 21.5. The quantitative estimate of drug-likeness (QED) is 0.484. The predicted molar refractivity (Wildman–Crippen MR) is 127 cm³/mol. The monoisotopic (exact) mass is 478 g/mol. The standard InChI is InChI=1S/C26H27BrN2O2/c27-24-13-11-23(12-14-24)26(22-9-5-2-6-10-22)29-17-15-28(16-18-29)25(30)20-31-19-21-7-3-1-4-8-21/h1-14,26H,15-20H2/t26-/m0/s1. The first-order chi connectivity index (χ1) is 15.2. The fourth-order valence-electron chi connectivity index (χ4n) is 4.05. The molecular weight excluding hydrogens is 452 g/mol. The molecule has 160 valence electrons. The minimum Gasteiger partial charge on any atom is -0.367 e. The molecule has 1 atom stereocenters. The summed E-state index contributed by atoms with van der Waals surface area (Å²) >= 11 is 3.54. The largest absolute Gasteiger partial charge is 0.367 e. The number of amides is 1. The van der Waals surface area contributed by atoms with Crippen LogP contribution in [-0.4, -0.2) is 48.5 Å². The van der Waals surface area contributed by atoms with Crippen molar-refractivity contribution in [2.45, 2.75) is 12.6 Å². The first kappa shape index (κ1) is 21.8. The topological polar surface area (TPSA) is 32.8 Å². The van der Waals surface area contributed by atoms with Gasteiger partial charge in [-0.1, -0.05) is 88.7 Å². The van der Waals surface area contributed by atoms with Crippen molar-refractivity contribution in [3.05, 3.63) is 106 Å². The lowest BCUT2D eigenvalue weighted by atomic mass is 9.96. The number of rotatable bonds is 7. The van der Waals surface area contributed by atoms with Gasteiger partial charge in [-0.2, -0.15) is 0 Å². The molecule has 1 amide bonds. The molecule has 0 aliphatic carbocycles. The number of halogens is 1. The fraction of sp³-hybridized carbons (Fsp3) is 0.269. The molecule has 3 aromatic rings. The van der Waals surface area contributed by atoms with Crippen molar-refractivity contribution in [2.75, 3.05) is 32.8 Å². The first-order valence-electron chi connectivity index (χ1n) is 10.6. The van der Waals surface area contributed by atoms with Crippen molar-refractivity contribution < 1.29 is 9.53 Å². The maximum Gasteiger partial charge on any atom is 0.248 e. The van der Waals surface area contributed by atoms with Crippen LogP contribution in [0, 0.1) is 0 Å². The van der Waals surface area contributed by atoms with Crippen molar-refractivity contribution in [3.63, 3.8) is 0 Å². The van der Waals surface area contributed by atoms with Gasteiger partial charge in [0, 0.05) is 30.7 Å². The van der Waals surface area contributed by atoms with Gasteiger partial charge in [-0.15, -0.1) is 0 Å². The molecule has 4 rings (SSSR count). The summed E-state index contributed by atoms with van der Waals surface area (Å²) in [6.45, 7) is 3.69. The SMILES string of the molecule is O=C(COCc1ccccc1)N1CCN([C@@H](c2ccccc2)c2ccc(Br)cc2)CC1. The Morgan fingerprint density at radius 3 is 2.03 bits per heavy atom. The van der Waals surface area contributed by atoms with E-state index >= 15 is 0 Å². The third kappa shape index (κ3) is 5.82. The van der Waals surface area contributed by atoms with E-state index in [0.717, 1.165) is 23.1 Å². The molecule has 0 unspecified atom stereocenters. The smallest absolute Gasteiger partial charge is 0.248 e. The number of nitrogens with zero attached hydrogens (tertiary/aromatic N) is 2. The van der Waals surface area contributed by atoms with Crippen LogP contribution in [0.1, 0.15) is 22.7 Å². The lowest BCUT2D eigenvalue weighted by Gasteiger charge is -2.39. The van der Waals surface area contributed by atoms with E-state index in [4.69, 9.17) is 4.74 Å². The summed E-state index contributed by atoms with van der Waals surface area (Å²) < 4.78 is 6.73. The predicted octanol–water partition coefficient (Wildman–Crippen LogP) is 4.90. The summed E-state index contributed by atoms with van der Waals surface area (Å²) in [7, 11) is 0. The number of ether oxygens (including phenoxy) is 1. The number of hydrogen-bond acceptors (Lipinski definition) is 3. The van der Waals surface area contributed by atoms with Crippen LogP contribution in [0.3, 0.4) is 0 Å². The van der Waals surface area contributed by atoms with E-state index in [1.54, 1.807) is 0 Å². The van der Waals surface area contributed by atoms with Gasteiger partial charge in [0.2, 0.25) is 5.91 Å². The molecule has 0 aromatic heterocycles. The molecule has 1 fully saturated rings.